The van der Waals surface area contributed by atoms with Crippen LogP contribution in [-0.4, -0.2) is 14.8 Å². The first kappa shape index (κ1) is 19.2. The van der Waals surface area contributed by atoms with Gasteiger partial charge >= 0.3 is 0 Å². The fourth-order valence-corrected chi connectivity index (χ4v) is 10.9. The van der Waals surface area contributed by atoms with Crippen molar-refractivity contribution in [2.24, 2.45) is 40.4 Å². The van der Waals surface area contributed by atoms with Crippen molar-refractivity contribution in [1.82, 2.24) is 0 Å². The van der Waals surface area contributed by atoms with Gasteiger partial charge in [0.05, 0.1) is 4.75 Å². The predicted molar refractivity (Wildman–Crippen MR) is 122 cm³/mol. The van der Waals surface area contributed by atoms with Crippen molar-refractivity contribution in [2.45, 2.75) is 88.2 Å². The zero-order chi connectivity index (χ0) is 20.1. The summed E-state index contributed by atoms with van der Waals surface area (Å²) in [5, 5.41) is 11.5. The summed E-state index contributed by atoms with van der Waals surface area (Å²) in [7, 11) is 0. The average molecular weight is 411 g/mol. The lowest BCUT2D eigenvalue weighted by atomic mass is 9.43. The van der Waals surface area contributed by atoms with Crippen molar-refractivity contribution in [3.05, 3.63) is 35.9 Å². The molecule has 0 amide bonds. The second kappa shape index (κ2) is 6.06. The Morgan fingerprint density at radius 3 is 2.52 bits per heavy atom. The molecule has 29 heavy (non-hydrogen) atoms. The van der Waals surface area contributed by atoms with Crippen LogP contribution in [0.1, 0.15) is 77.7 Å². The normalized spacial score (nSPS) is 55.4. The molecule has 9 atom stereocenters. The lowest BCUT2D eigenvalue weighted by Gasteiger charge is -2.61. The third-order valence-electron chi connectivity index (χ3n) is 11.1. The Morgan fingerprint density at radius 1 is 0.966 bits per heavy atom. The van der Waals surface area contributed by atoms with Crippen LogP contribution in [0.25, 0.3) is 0 Å². The number of benzene rings is 1. The molecular formula is C27H38OS. The van der Waals surface area contributed by atoms with Gasteiger partial charge in [-0.3, -0.25) is 0 Å². The summed E-state index contributed by atoms with van der Waals surface area (Å²) in [5.41, 5.74) is 2.45. The molecule has 2 heteroatoms. The molecule has 1 heterocycles. The highest BCUT2D eigenvalue weighted by atomic mass is 32.2. The van der Waals surface area contributed by atoms with E-state index in [1.165, 1.54) is 50.5 Å². The topological polar surface area (TPSA) is 20.2 Å². The third kappa shape index (κ3) is 2.51. The Balaban J connectivity index is 1.31. The zero-order valence-corrected chi connectivity index (χ0v) is 19.3. The van der Waals surface area contributed by atoms with E-state index in [2.05, 4.69) is 51.1 Å². The number of rotatable bonds is 2. The van der Waals surface area contributed by atoms with Gasteiger partial charge in [0.25, 0.3) is 0 Å². The summed E-state index contributed by atoms with van der Waals surface area (Å²) in [6.07, 6.45) is 12.0. The van der Waals surface area contributed by atoms with Crippen LogP contribution in [0, 0.1) is 40.4 Å². The molecule has 5 aliphatic rings. The van der Waals surface area contributed by atoms with Crippen LogP contribution in [0.5, 0.6) is 0 Å². The van der Waals surface area contributed by atoms with Crippen LogP contribution in [0.15, 0.2) is 30.3 Å². The van der Waals surface area contributed by atoms with Gasteiger partial charge < -0.3 is 5.11 Å². The Labute approximate surface area is 181 Å². The summed E-state index contributed by atoms with van der Waals surface area (Å²) in [4.78, 5) is -0.453. The van der Waals surface area contributed by atoms with Gasteiger partial charge in [0.2, 0.25) is 0 Å². The van der Waals surface area contributed by atoms with Gasteiger partial charge in [-0.1, -0.05) is 51.1 Å². The summed E-state index contributed by atoms with van der Waals surface area (Å²) >= 11 is 1.92. The van der Waals surface area contributed by atoms with Gasteiger partial charge in [-0.05, 0) is 104 Å². The molecule has 4 aliphatic carbocycles. The average Bonchev–Trinajstić information content (AvgIpc) is 3.13. The minimum absolute atomic E-state index is 0.0746. The van der Waals surface area contributed by atoms with Crippen molar-refractivity contribution in [2.75, 3.05) is 0 Å². The highest BCUT2D eigenvalue weighted by Crippen LogP contribution is 2.78. The van der Waals surface area contributed by atoms with Gasteiger partial charge in [-0.2, -0.15) is 0 Å². The van der Waals surface area contributed by atoms with Gasteiger partial charge in [0.1, 0.15) is 4.93 Å². The lowest BCUT2D eigenvalue weighted by Crippen LogP contribution is -2.56. The zero-order valence-electron chi connectivity index (χ0n) is 18.5. The van der Waals surface area contributed by atoms with E-state index in [-0.39, 0.29) is 4.75 Å². The van der Waals surface area contributed by atoms with E-state index in [1.54, 1.807) is 0 Å². The molecule has 4 unspecified atom stereocenters. The molecule has 1 nitrogen and oxygen atoms in total. The van der Waals surface area contributed by atoms with E-state index in [0.717, 1.165) is 42.4 Å². The standard InChI is InChI=1S/C27H38OS/c1-18-9-12-22-21-11-10-20-16-27(28)26(29-27,15-19-7-5-4-6-8-19)17-25(20,3)23(21)13-14-24(18,22)2/h4-8,18,20-23,28H,9-17H2,1-3H3/t18?,20?,21-,22-,23+,24+,25-,26?,27?/m0/s1. The first-order valence-corrected chi connectivity index (χ1v) is 13.1. The molecule has 0 bridgehead atoms. The summed E-state index contributed by atoms with van der Waals surface area (Å²) in [6.45, 7) is 7.82. The number of hydrogen-bond acceptors (Lipinski definition) is 2. The Morgan fingerprint density at radius 2 is 1.72 bits per heavy atom. The molecule has 0 radical (unpaired) electrons. The Bertz CT molecular complexity index is 808. The second-order valence-electron chi connectivity index (χ2n) is 12.1. The summed E-state index contributed by atoms with van der Waals surface area (Å²) in [6, 6.07) is 11.0. The van der Waals surface area contributed by atoms with Crippen LogP contribution in [0.4, 0.5) is 0 Å². The van der Waals surface area contributed by atoms with Crippen molar-refractivity contribution in [1.29, 1.82) is 0 Å². The van der Waals surface area contributed by atoms with E-state index < -0.39 is 4.93 Å². The van der Waals surface area contributed by atoms with Crippen molar-refractivity contribution in [3.63, 3.8) is 0 Å². The van der Waals surface area contributed by atoms with Crippen molar-refractivity contribution < 1.29 is 5.11 Å². The maximum absolute atomic E-state index is 11.5. The first-order chi connectivity index (χ1) is 13.8. The molecular weight excluding hydrogens is 372 g/mol. The van der Waals surface area contributed by atoms with E-state index in [0.29, 0.717) is 10.8 Å². The highest BCUT2D eigenvalue weighted by molar-refractivity contribution is 8.09. The van der Waals surface area contributed by atoms with Gasteiger partial charge in [-0.25, -0.2) is 0 Å². The number of fused-ring (bicyclic) bond motifs is 6. The molecule has 6 rings (SSSR count). The monoisotopic (exact) mass is 410 g/mol. The van der Waals surface area contributed by atoms with Crippen molar-refractivity contribution >= 4 is 11.8 Å². The van der Waals surface area contributed by atoms with Crippen LogP contribution >= 0.6 is 11.8 Å². The van der Waals surface area contributed by atoms with Crippen LogP contribution in [0.3, 0.4) is 0 Å². The molecule has 4 saturated carbocycles. The molecule has 0 aromatic heterocycles. The smallest absolute Gasteiger partial charge is 0.126 e. The minimum atomic E-state index is -0.453. The molecule has 1 N–H and O–H groups in total. The van der Waals surface area contributed by atoms with E-state index >= 15 is 0 Å². The molecule has 0 spiro atoms. The lowest BCUT2D eigenvalue weighted by molar-refractivity contribution is -0.131. The summed E-state index contributed by atoms with van der Waals surface area (Å²) in [5.74, 6) is 4.45. The third-order valence-corrected chi connectivity index (χ3v) is 12.8. The molecule has 1 saturated heterocycles. The molecule has 158 valence electrons. The van der Waals surface area contributed by atoms with E-state index in [1.807, 2.05) is 11.8 Å². The number of thioether (sulfide) groups is 1. The van der Waals surface area contributed by atoms with Crippen molar-refractivity contribution in [3.8, 4) is 0 Å². The van der Waals surface area contributed by atoms with Gasteiger partial charge in [-0.15, -0.1) is 11.8 Å². The largest absolute Gasteiger partial charge is 0.378 e. The number of aliphatic hydroxyl groups is 1. The maximum Gasteiger partial charge on any atom is 0.126 e. The highest BCUT2D eigenvalue weighted by Gasteiger charge is 2.75. The SMILES string of the molecule is CC1CC[C@H]2[C@@H]3CCC4CC5(O)SC5(Cc5ccccc5)C[C@]4(C)[C@@H]3CC[C@]12C. The van der Waals surface area contributed by atoms with Crippen LogP contribution < -0.4 is 0 Å². The van der Waals surface area contributed by atoms with Gasteiger partial charge in [0, 0.05) is 0 Å². The molecule has 1 aromatic carbocycles. The quantitative estimate of drug-likeness (QED) is 0.548. The molecule has 1 aliphatic heterocycles. The first-order valence-electron chi connectivity index (χ1n) is 12.3. The van der Waals surface area contributed by atoms with Crippen LogP contribution in [0.2, 0.25) is 0 Å². The predicted octanol–water partition coefficient (Wildman–Crippen LogP) is 6.69. The van der Waals surface area contributed by atoms with E-state index in [4.69, 9.17) is 0 Å². The maximum atomic E-state index is 11.5. The fraction of sp³-hybridized carbons (Fsp3) is 0.778. The Hall–Kier alpha value is -0.470. The van der Waals surface area contributed by atoms with E-state index in [9.17, 15) is 5.11 Å². The molecule has 5 fully saturated rings. The summed E-state index contributed by atoms with van der Waals surface area (Å²) < 4.78 is 0.0746. The molecule has 1 aromatic rings. The fourth-order valence-electron chi connectivity index (χ4n) is 9.22. The second-order valence-corrected chi connectivity index (χ2v) is 13.8. The number of hydrogen-bond donors (Lipinski definition) is 1. The minimum Gasteiger partial charge on any atom is -0.378 e. The van der Waals surface area contributed by atoms with Gasteiger partial charge in [0.15, 0.2) is 0 Å². The Kier molecular flexibility index (Phi) is 4.02. The van der Waals surface area contributed by atoms with Crippen LogP contribution in [-0.2, 0) is 6.42 Å².